The molecule has 0 unspecified atom stereocenters. The fourth-order valence-corrected chi connectivity index (χ4v) is 2.92. The zero-order valence-corrected chi connectivity index (χ0v) is 13.1. The van der Waals surface area contributed by atoms with Gasteiger partial charge in [0.1, 0.15) is 6.54 Å². The van der Waals surface area contributed by atoms with Gasteiger partial charge in [0.15, 0.2) is 5.54 Å². The summed E-state index contributed by atoms with van der Waals surface area (Å²) in [5, 5.41) is 7.22. The van der Waals surface area contributed by atoms with Gasteiger partial charge in [0, 0.05) is 11.4 Å². The number of carbonyl (C=O) groups excluding carboxylic acids is 3. The van der Waals surface area contributed by atoms with Crippen molar-refractivity contribution in [2.75, 3.05) is 13.1 Å². The normalized spacial score (nSPS) is 21.8. The van der Waals surface area contributed by atoms with Crippen molar-refractivity contribution in [1.29, 1.82) is 0 Å². The molecule has 1 fully saturated rings. The number of rotatable bonds is 5. The topological polar surface area (TPSA) is 78.5 Å². The first kappa shape index (κ1) is 15.5. The van der Waals surface area contributed by atoms with Gasteiger partial charge in [0.25, 0.3) is 5.91 Å². The number of amides is 4. The molecule has 2 heterocycles. The average molecular weight is 309 g/mol. The van der Waals surface area contributed by atoms with Crippen molar-refractivity contribution in [2.24, 2.45) is 5.92 Å². The van der Waals surface area contributed by atoms with Crippen molar-refractivity contribution < 1.29 is 14.4 Å². The third-order valence-corrected chi connectivity index (χ3v) is 4.39. The molecule has 2 rings (SSSR count). The first-order chi connectivity index (χ1) is 9.84. The molecule has 4 amide bonds. The largest absolute Gasteiger partial charge is 0.354 e. The standard InChI is InChI=1S/C14H19N3O3S/c1-9(2)7-15-11(18)8-17-12(19)14(3,16-13(17)20)10-5-4-6-21-10/h4-6,9H,7-8H2,1-3H3,(H,15,18)(H,16,20)/t14-/m0/s1. The molecule has 0 bridgehead atoms. The zero-order chi connectivity index (χ0) is 15.6. The number of nitrogens with zero attached hydrogens (tertiary/aromatic N) is 1. The molecule has 7 heteroatoms. The molecule has 0 saturated carbocycles. The second-order valence-electron chi connectivity index (χ2n) is 5.62. The Balaban J connectivity index is 2.07. The minimum Gasteiger partial charge on any atom is -0.354 e. The van der Waals surface area contributed by atoms with E-state index in [1.54, 1.807) is 13.0 Å². The van der Waals surface area contributed by atoms with E-state index in [1.165, 1.54) is 11.3 Å². The highest BCUT2D eigenvalue weighted by atomic mass is 32.1. The van der Waals surface area contributed by atoms with Crippen molar-refractivity contribution in [3.8, 4) is 0 Å². The van der Waals surface area contributed by atoms with Gasteiger partial charge < -0.3 is 10.6 Å². The molecule has 1 saturated heterocycles. The van der Waals surface area contributed by atoms with Crippen LogP contribution in [-0.2, 0) is 15.1 Å². The van der Waals surface area contributed by atoms with Crippen molar-refractivity contribution in [2.45, 2.75) is 26.3 Å². The van der Waals surface area contributed by atoms with E-state index in [4.69, 9.17) is 0 Å². The maximum absolute atomic E-state index is 12.5. The highest BCUT2D eigenvalue weighted by Crippen LogP contribution is 2.31. The van der Waals surface area contributed by atoms with Gasteiger partial charge in [-0.2, -0.15) is 0 Å². The number of carbonyl (C=O) groups is 3. The lowest BCUT2D eigenvalue weighted by molar-refractivity contribution is -0.134. The molecular formula is C14H19N3O3S. The van der Waals surface area contributed by atoms with Crippen LogP contribution in [0.4, 0.5) is 4.79 Å². The molecule has 2 N–H and O–H groups in total. The lowest BCUT2D eigenvalue weighted by atomic mass is 10.0. The third-order valence-electron chi connectivity index (χ3n) is 3.30. The van der Waals surface area contributed by atoms with Crippen molar-refractivity contribution in [3.05, 3.63) is 22.4 Å². The first-order valence-electron chi connectivity index (χ1n) is 6.79. The Morgan fingerprint density at radius 2 is 2.19 bits per heavy atom. The van der Waals surface area contributed by atoms with Crippen LogP contribution in [0.1, 0.15) is 25.6 Å². The molecule has 114 valence electrons. The van der Waals surface area contributed by atoms with Crippen LogP contribution in [0.15, 0.2) is 17.5 Å². The van der Waals surface area contributed by atoms with Gasteiger partial charge >= 0.3 is 6.03 Å². The number of imide groups is 1. The Kier molecular flexibility index (Phi) is 4.32. The monoisotopic (exact) mass is 309 g/mol. The van der Waals surface area contributed by atoms with Crippen LogP contribution in [0.25, 0.3) is 0 Å². The van der Waals surface area contributed by atoms with Crippen LogP contribution in [0.2, 0.25) is 0 Å². The molecular weight excluding hydrogens is 290 g/mol. The number of urea groups is 1. The van der Waals surface area contributed by atoms with Crippen LogP contribution in [0, 0.1) is 5.92 Å². The van der Waals surface area contributed by atoms with Gasteiger partial charge in [-0.3, -0.25) is 14.5 Å². The molecule has 6 nitrogen and oxygen atoms in total. The summed E-state index contributed by atoms with van der Waals surface area (Å²) in [6.07, 6.45) is 0. The number of nitrogens with one attached hydrogen (secondary N) is 2. The summed E-state index contributed by atoms with van der Waals surface area (Å²) in [7, 11) is 0. The SMILES string of the molecule is CC(C)CNC(=O)CN1C(=O)N[C@@](C)(c2cccs2)C1=O. The maximum Gasteiger partial charge on any atom is 0.325 e. The molecule has 0 radical (unpaired) electrons. The van der Waals surface area contributed by atoms with E-state index >= 15 is 0 Å². The van der Waals surface area contributed by atoms with E-state index in [1.807, 2.05) is 25.3 Å². The van der Waals surface area contributed by atoms with Crippen LogP contribution in [-0.4, -0.2) is 35.8 Å². The van der Waals surface area contributed by atoms with E-state index in [2.05, 4.69) is 10.6 Å². The summed E-state index contributed by atoms with van der Waals surface area (Å²) >= 11 is 1.40. The Morgan fingerprint density at radius 3 is 2.76 bits per heavy atom. The van der Waals surface area contributed by atoms with Crippen LogP contribution >= 0.6 is 11.3 Å². The van der Waals surface area contributed by atoms with Gasteiger partial charge in [0.2, 0.25) is 5.91 Å². The highest BCUT2D eigenvalue weighted by Gasteiger charge is 2.50. The second-order valence-corrected chi connectivity index (χ2v) is 6.57. The number of hydrogen-bond donors (Lipinski definition) is 2. The minimum absolute atomic E-state index is 0.252. The van der Waals surface area contributed by atoms with Gasteiger partial charge in [0.05, 0.1) is 0 Å². The lowest BCUT2D eigenvalue weighted by Crippen LogP contribution is -2.43. The van der Waals surface area contributed by atoms with Crippen LogP contribution in [0.5, 0.6) is 0 Å². The summed E-state index contributed by atoms with van der Waals surface area (Å²) in [6.45, 7) is 5.87. The van der Waals surface area contributed by atoms with Gasteiger partial charge in [-0.05, 0) is 24.3 Å². The molecule has 1 aliphatic heterocycles. The Bertz CT molecular complexity index is 556. The van der Waals surface area contributed by atoms with Crippen LogP contribution in [0.3, 0.4) is 0 Å². The molecule has 0 aromatic carbocycles. The van der Waals surface area contributed by atoms with Crippen molar-refractivity contribution >= 4 is 29.2 Å². The molecule has 0 spiro atoms. The van der Waals surface area contributed by atoms with Gasteiger partial charge in [-0.15, -0.1) is 11.3 Å². The van der Waals surface area contributed by atoms with E-state index < -0.39 is 17.5 Å². The Hall–Kier alpha value is -1.89. The fourth-order valence-electron chi connectivity index (χ4n) is 2.09. The summed E-state index contributed by atoms with van der Waals surface area (Å²) in [4.78, 5) is 38.0. The predicted octanol–water partition coefficient (Wildman–Crippen LogP) is 1.29. The average Bonchev–Trinajstić information content (AvgIpc) is 3.01. The van der Waals surface area contributed by atoms with Crippen molar-refractivity contribution in [3.63, 3.8) is 0 Å². The molecule has 0 aliphatic carbocycles. The van der Waals surface area contributed by atoms with E-state index in [-0.39, 0.29) is 12.5 Å². The van der Waals surface area contributed by atoms with E-state index in [0.717, 1.165) is 9.78 Å². The Morgan fingerprint density at radius 1 is 1.48 bits per heavy atom. The summed E-state index contributed by atoms with van der Waals surface area (Å²) in [6, 6.07) is 3.09. The molecule has 1 aromatic rings. The maximum atomic E-state index is 12.5. The van der Waals surface area contributed by atoms with Crippen LogP contribution < -0.4 is 10.6 Å². The highest BCUT2D eigenvalue weighted by molar-refractivity contribution is 7.10. The third kappa shape index (κ3) is 3.07. The zero-order valence-electron chi connectivity index (χ0n) is 12.3. The second kappa shape index (κ2) is 5.85. The summed E-state index contributed by atoms with van der Waals surface area (Å²) in [5.74, 6) is -0.411. The fraction of sp³-hybridized carbons (Fsp3) is 0.500. The van der Waals surface area contributed by atoms with Gasteiger partial charge in [-0.1, -0.05) is 19.9 Å². The van der Waals surface area contributed by atoms with E-state index in [9.17, 15) is 14.4 Å². The smallest absolute Gasteiger partial charge is 0.325 e. The van der Waals surface area contributed by atoms with Gasteiger partial charge in [-0.25, -0.2) is 4.79 Å². The van der Waals surface area contributed by atoms with Crippen molar-refractivity contribution in [1.82, 2.24) is 15.5 Å². The minimum atomic E-state index is -1.08. The first-order valence-corrected chi connectivity index (χ1v) is 7.67. The molecule has 1 atom stereocenters. The molecule has 21 heavy (non-hydrogen) atoms. The summed E-state index contributed by atoms with van der Waals surface area (Å²) in [5.41, 5.74) is -1.08. The predicted molar refractivity (Wildman–Crippen MR) is 79.8 cm³/mol. The Labute approximate surface area is 127 Å². The molecule has 1 aromatic heterocycles. The molecule has 1 aliphatic rings. The number of thiophene rings is 1. The number of hydrogen-bond acceptors (Lipinski definition) is 4. The summed E-state index contributed by atoms with van der Waals surface area (Å²) < 4.78 is 0. The van der Waals surface area contributed by atoms with E-state index in [0.29, 0.717) is 12.5 Å². The lowest BCUT2D eigenvalue weighted by Gasteiger charge is -2.20. The quantitative estimate of drug-likeness (QED) is 0.804.